The minimum absolute atomic E-state index is 0.0233. The van der Waals surface area contributed by atoms with E-state index in [4.69, 9.17) is 14.4 Å². The van der Waals surface area contributed by atoms with Gasteiger partial charge in [0.1, 0.15) is 6.54 Å². The summed E-state index contributed by atoms with van der Waals surface area (Å²) >= 11 is 0. The first-order valence-corrected chi connectivity index (χ1v) is 11.5. The number of aliphatic hydroxyl groups excluding tert-OH is 1. The Bertz CT molecular complexity index is 557. The van der Waals surface area contributed by atoms with E-state index in [9.17, 15) is 23.1 Å². The number of nitrogens with zero attached hydrogens (tertiary/aromatic N) is 1. The van der Waals surface area contributed by atoms with E-state index in [1.165, 1.54) is 0 Å². The van der Waals surface area contributed by atoms with Crippen LogP contribution < -0.4 is 5.11 Å². The third kappa shape index (κ3) is 18.5. The van der Waals surface area contributed by atoms with E-state index in [1.54, 1.807) is 0 Å². The van der Waals surface area contributed by atoms with Crippen molar-refractivity contribution in [2.75, 3.05) is 40.9 Å². The number of carboxylic acid groups (broad SMARTS) is 1. The lowest BCUT2D eigenvalue weighted by Gasteiger charge is -2.21. The summed E-state index contributed by atoms with van der Waals surface area (Å²) in [6.45, 7) is 5.20. The van der Waals surface area contributed by atoms with Gasteiger partial charge in [0, 0.05) is 12.4 Å². The first-order chi connectivity index (χ1) is 13.3. The average molecular weight is 442 g/mol. The van der Waals surface area contributed by atoms with E-state index in [0.29, 0.717) is 0 Å². The second kappa shape index (κ2) is 15.6. The zero-order chi connectivity index (χ0) is 23.1. The highest BCUT2D eigenvalue weighted by molar-refractivity contribution is 7.87. The molecule has 0 amide bonds. The molecule has 0 saturated heterocycles. The molecule has 0 radical (unpaired) electrons. The molecule has 0 aliphatic carbocycles. The van der Waals surface area contributed by atoms with Crippen LogP contribution in [0.2, 0.25) is 0 Å². The van der Waals surface area contributed by atoms with E-state index in [0.717, 1.165) is 49.6 Å². The molecular weight excluding hydrogens is 402 g/mol. The van der Waals surface area contributed by atoms with Gasteiger partial charge in [-0.05, 0) is 18.8 Å². The summed E-state index contributed by atoms with van der Waals surface area (Å²) < 4.78 is 36.8. The summed E-state index contributed by atoms with van der Waals surface area (Å²) in [7, 11) is 1.32. The summed E-state index contributed by atoms with van der Waals surface area (Å²) in [5.74, 6) is -2.89. The minimum atomic E-state index is -4.84. The number of hydrogen-bond acceptors (Lipinski definition) is 7. The van der Waals surface area contributed by atoms with Crippen molar-refractivity contribution in [2.24, 2.45) is 5.92 Å². The lowest BCUT2D eigenvalue weighted by atomic mass is 9.97. The number of ether oxygens (including phenoxy) is 1. The Kier molecular flexibility index (Phi) is 16.1. The molecule has 0 aliphatic heterocycles. The largest absolute Gasteiger partial charge is 0.550 e. The van der Waals surface area contributed by atoms with Gasteiger partial charge in [0.05, 0.1) is 34.4 Å². The maximum Gasteiger partial charge on any atom is 0.327 e. The van der Waals surface area contributed by atoms with Crippen molar-refractivity contribution in [1.82, 2.24) is 0 Å². The van der Waals surface area contributed by atoms with Crippen LogP contribution in [0.25, 0.3) is 0 Å². The molecule has 29 heavy (non-hydrogen) atoms. The molecule has 2 unspecified atom stereocenters. The highest BCUT2D eigenvalue weighted by atomic mass is 32.2. The van der Waals surface area contributed by atoms with Gasteiger partial charge in [-0.2, -0.15) is 8.42 Å². The Morgan fingerprint density at radius 3 is 2.00 bits per heavy atom. The molecule has 174 valence electrons. The summed E-state index contributed by atoms with van der Waals surface area (Å²) in [6, 6.07) is 0. The predicted octanol–water partition coefficient (Wildman–Crippen LogP) is 0.608. The fourth-order valence-corrected chi connectivity index (χ4v) is 3.11. The topological polar surface area (TPSA) is 141 Å². The number of carbonyl (C=O) groups excluding carboxylic acids is 2. The lowest BCUT2D eigenvalue weighted by molar-refractivity contribution is -0.870. The summed E-state index contributed by atoms with van der Waals surface area (Å²) in [5, 5.41) is 16.7. The van der Waals surface area contributed by atoms with Crippen molar-refractivity contribution < 1.29 is 42.0 Å². The van der Waals surface area contributed by atoms with Gasteiger partial charge in [0.2, 0.25) is 0 Å². The molecule has 0 saturated carbocycles. The molecule has 0 spiro atoms. The molecule has 0 bridgehead atoms. The standard InChI is InChI=1S/C14H26O7S.C5H14NO/c1-3-5-6-8-11(7-4-2)10-21-14(17)12(9-13(15)16)22(18,19)20;1-6(2,3)4-5-7/h11-12H,3-10H2,1-2H3,(H,15,16)(H,18,19,20);7H,4-5H2,1-3H3/q;+1/p-1. The Morgan fingerprint density at radius 1 is 1.07 bits per heavy atom. The minimum Gasteiger partial charge on any atom is -0.550 e. The number of quaternary nitrogens is 1. The maximum absolute atomic E-state index is 11.7. The highest BCUT2D eigenvalue weighted by Crippen LogP contribution is 2.17. The number of unbranched alkanes of at least 4 members (excludes halogenated alkanes) is 2. The van der Waals surface area contributed by atoms with E-state index in [1.807, 2.05) is 6.92 Å². The van der Waals surface area contributed by atoms with Gasteiger partial charge in [0.25, 0.3) is 10.1 Å². The first-order valence-electron chi connectivity index (χ1n) is 10.0. The molecule has 2 atom stereocenters. The van der Waals surface area contributed by atoms with Gasteiger partial charge in [-0.3, -0.25) is 9.35 Å². The molecule has 0 rings (SSSR count). The number of aliphatic carboxylic acids is 1. The monoisotopic (exact) mass is 441 g/mol. The summed E-state index contributed by atoms with van der Waals surface area (Å²) in [5.41, 5.74) is 0. The van der Waals surface area contributed by atoms with Crippen molar-refractivity contribution >= 4 is 22.1 Å². The van der Waals surface area contributed by atoms with Crippen molar-refractivity contribution in [3.05, 3.63) is 0 Å². The van der Waals surface area contributed by atoms with E-state index >= 15 is 0 Å². The Hall–Kier alpha value is -1.23. The van der Waals surface area contributed by atoms with Crippen LogP contribution >= 0.6 is 0 Å². The fourth-order valence-electron chi connectivity index (χ4n) is 2.46. The summed E-state index contributed by atoms with van der Waals surface area (Å²) in [4.78, 5) is 22.2. The lowest BCUT2D eigenvalue weighted by Crippen LogP contribution is -2.38. The predicted molar refractivity (Wildman–Crippen MR) is 108 cm³/mol. The SMILES string of the molecule is CCCCCC(CCC)COC(=O)C(CC(=O)[O-])S(=O)(=O)O.C[N+](C)(C)CCO. The normalized spacial score (nSPS) is 13.8. The van der Waals surface area contributed by atoms with Crippen LogP contribution in [0.5, 0.6) is 0 Å². The number of hydrogen-bond donors (Lipinski definition) is 2. The molecule has 0 aromatic heterocycles. The number of carboxylic acids is 1. The van der Waals surface area contributed by atoms with Gasteiger partial charge in [-0.1, -0.05) is 39.5 Å². The smallest absolute Gasteiger partial charge is 0.327 e. The molecule has 0 aromatic carbocycles. The second-order valence-corrected chi connectivity index (χ2v) is 9.70. The van der Waals surface area contributed by atoms with Crippen LogP contribution in [-0.2, 0) is 24.4 Å². The molecule has 9 nitrogen and oxygen atoms in total. The molecular formula is C19H39NO8S. The van der Waals surface area contributed by atoms with Crippen molar-refractivity contribution in [3.8, 4) is 0 Å². The van der Waals surface area contributed by atoms with E-state index in [-0.39, 0.29) is 19.1 Å². The van der Waals surface area contributed by atoms with Crippen LogP contribution in [0.4, 0.5) is 0 Å². The van der Waals surface area contributed by atoms with Crippen molar-refractivity contribution in [1.29, 1.82) is 0 Å². The zero-order valence-corrected chi connectivity index (χ0v) is 19.2. The van der Waals surface area contributed by atoms with E-state index < -0.39 is 33.7 Å². The first kappa shape index (κ1) is 30.0. The number of esters is 1. The zero-order valence-electron chi connectivity index (χ0n) is 18.4. The molecule has 0 aromatic rings. The van der Waals surface area contributed by atoms with Crippen LogP contribution in [0.15, 0.2) is 0 Å². The van der Waals surface area contributed by atoms with Gasteiger partial charge in [0.15, 0.2) is 5.25 Å². The summed E-state index contributed by atoms with van der Waals surface area (Å²) in [6.07, 6.45) is 4.57. The molecule has 0 fully saturated rings. The molecule has 0 heterocycles. The number of likely N-dealkylation sites (N-methyl/N-ethyl adjacent to an activating group) is 1. The van der Waals surface area contributed by atoms with Crippen molar-refractivity contribution in [3.63, 3.8) is 0 Å². The Labute approximate surface area is 175 Å². The average Bonchev–Trinajstić information content (AvgIpc) is 2.56. The Balaban J connectivity index is 0. The maximum atomic E-state index is 11.7. The second-order valence-electron chi connectivity index (χ2n) is 8.10. The highest BCUT2D eigenvalue weighted by Gasteiger charge is 2.33. The van der Waals surface area contributed by atoms with Crippen LogP contribution in [0.1, 0.15) is 58.8 Å². The number of rotatable bonds is 14. The van der Waals surface area contributed by atoms with Gasteiger partial charge in [-0.25, -0.2) is 0 Å². The van der Waals surface area contributed by atoms with Crippen molar-refractivity contribution in [2.45, 2.75) is 64.0 Å². The Morgan fingerprint density at radius 2 is 1.66 bits per heavy atom. The molecule has 2 N–H and O–H groups in total. The van der Waals surface area contributed by atoms with Crippen LogP contribution in [-0.4, -0.2) is 80.7 Å². The van der Waals surface area contributed by atoms with E-state index in [2.05, 4.69) is 28.1 Å². The molecule has 10 heteroatoms. The van der Waals surface area contributed by atoms with Gasteiger partial charge < -0.3 is 24.2 Å². The number of aliphatic hydroxyl groups is 1. The van der Waals surface area contributed by atoms with Gasteiger partial charge in [-0.15, -0.1) is 0 Å². The van der Waals surface area contributed by atoms with Gasteiger partial charge >= 0.3 is 5.97 Å². The third-order valence-electron chi connectivity index (χ3n) is 4.12. The van der Waals surface area contributed by atoms with Crippen LogP contribution in [0.3, 0.4) is 0 Å². The van der Waals surface area contributed by atoms with Crippen LogP contribution in [0, 0.1) is 5.92 Å². The number of carbonyl (C=O) groups is 2. The quantitative estimate of drug-likeness (QED) is 0.173. The molecule has 0 aliphatic rings. The third-order valence-corrected chi connectivity index (χ3v) is 5.20. The fraction of sp³-hybridized carbons (Fsp3) is 0.895.